The zero-order valence-electron chi connectivity index (χ0n) is 16.1. The van der Waals surface area contributed by atoms with Crippen LogP contribution in [0.4, 0.5) is 5.69 Å². The maximum Gasteiger partial charge on any atom is 0.243 e. The summed E-state index contributed by atoms with van der Waals surface area (Å²) >= 11 is 0. The highest BCUT2D eigenvalue weighted by atomic mass is 32.2. The number of carbonyl (C=O) groups is 1. The van der Waals surface area contributed by atoms with E-state index in [2.05, 4.69) is 0 Å². The number of carbonyl (C=O) groups excluding carboxylic acids is 1. The maximum atomic E-state index is 12.8. The first-order chi connectivity index (χ1) is 12.9. The Kier molecular flexibility index (Phi) is 5.67. The first-order valence-electron chi connectivity index (χ1n) is 9.36. The van der Waals surface area contributed by atoms with Gasteiger partial charge in [-0.3, -0.25) is 4.79 Å². The SMILES string of the molecule is CCN(CC)S(=O)(=O)c1ccc2c(c1)CCN2C(=O)Cc1ccccc1C. The molecule has 27 heavy (non-hydrogen) atoms. The molecule has 0 fully saturated rings. The Morgan fingerprint density at radius 2 is 1.81 bits per heavy atom. The first kappa shape index (κ1) is 19.6. The average Bonchev–Trinajstić information content (AvgIpc) is 3.07. The van der Waals surface area contributed by atoms with Gasteiger partial charge in [0.1, 0.15) is 0 Å². The lowest BCUT2D eigenvalue weighted by molar-refractivity contribution is -0.117. The normalized spacial score (nSPS) is 13.9. The fourth-order valence-corrected chi connectivity index (χ4v) is 5.09. The minimum absolute atomic E-state index is 0.0439. The number of sulfonamides is 1. The van der Waals surface area contributed by atoms with Crippen LogP contribution in [0.3, 0.4) is 0 Å². The van der Waals surface area contributed by atoms with Crippen LogP contribution in [-0.2, 0) is 27.7 Å². The van der Waals surface area contributed by atoms with Crippen LogP contribution in [0.15, 0.2) is 47.4 Å². The number of rotatable bonds is 6. The Morgan fingerprint density at radius 1 is 1.11 bits per heavy atom. The van der Waals surface area contributed by atoms with Crippen molar-refractivity contribution in [1.82, 2.24) is 4.31 Å². The highest BCUT2D eigenvalue weighted by molar-refractivity contribution is 7.89. The minimum Gasteiger partial charge on any atom is -0.312 e. The molecule has 0 saturated heterocycles. The van der Waals surface area contributed by atoms with Crippen molar-refractivity contribution in [3.8, 4) is 0 Å². The van der Waals surface area contributed by atoms with Crippen LogP contribution in [0.1, 0.15) is 30.5 Å². The largest absolute Gasteiger partial charge is 0.312 e. The molecule has 0 saturated carbocycles. The van der Waals surface area contributed by atoms with Crippen LogP contribution in [-0.4, -0.2) is 38.3 Å². The molecule has 0 N–H and O–H groups in total. The Labute approximate surface area is 161 Å². The van der Waals surface area contributed by atoms with Crippen molar-refractivity contribution in [1.29, 1.82) is 0 Å². The minimum atomic E-state index is -3.48. The van der Waals surface area contributed by atoms with Crippen molar-refractivity contribution in [2.24, 2.45) is 0 Å². The molecule has 0 spiro atoms. The fraction of sp³-hybridized carbons (Fsp3) is 0.381. The zero-order chi connectivity index (χ0) is 19.6. The van der Waals surface area contributed by atoms with Crippen LogP contribution in [0.2, 0.25) is 0 Å². The summed E-state index contributed by atoms with van der Waals surface area (Å²) in [5, 5.41) is 0. The number of hydrogen-bond donors (Lipinski definition) is 0. The van der Waals surface area contributed by atoms with Gasteiger partial charge >= 0.3 is 0 Å². The Hall–Kier alpha value is -2.18. The van der Waals surface area contributed by atoms with Gasteiger partial charge in [-0.2, -0.15) is 4.31 Å². The molecule has 6 heteroatoms. The average molecular weight is 387 g/mol. The van der Waals surface area contributed by atoms with Crippen LogP contribution < -0.4 is 4.90 Å². The van der Waals surface area contributed by atoms with Gasteiger partial charge in [0.2, 0.25) is 15.9 Å². The summed E-state index contributed by atoms with van der Waals surface area (Å²) in [6, 6.07) is 13.0. The predicted molar refractivity (Wildman–Crippen MR) is 107 cm³/mol. The van der Waals surface area contributed by atoms with Crippen LogP contribution >= 0.6 is 0 Å². The second kappa shape index (κ2) is 7.82. The molecule has 0 aliphatic carbocycles. The molecule has 1 heterocycles. The van der Waals surface area contributed by atoms with Crippen molar-refractivity contribution in [2.45, 2.75) is 38.5 Å². The summed E-state index contributed by atoms with van der Waals surface area (Å²) in [5.74, 6) is 0.0439. The van der Waals surface area contributed by atoms with Crippen molar-refractivity contribution < 1.29 is 13.2 Å². The maximum absolute atomic E-state index is 12.8. The van der Waals surface area contributed by atoms with E-state index in [0.29, 0.717) is 37.4 Å². The molecule has 0 unspecified atom stereocenters. The molecule has 144 valence electrons. The number of hydrogen-bond acceptors (Lipinski definition) is 3. The molecule has 2 aromatic carbocycles. The first-order valence-corrected chi connectivity index (χ1v) is 10.8. The van der Waals surface area contributed by atoms with E-state index >= 15 is 0 Å². The van der Waals surface area contributed by atoms with Crippen molar-refractivity contribution in [3.63, 3.8) is 0 Å². The van der Waals surface area contributed by atoms with E-state index in [-0.39, 0.29) is 5.91 Å². The lowest BCUT2D eigenvalue weighted by Crippen LogP contribution is -2.31. The fourth-order valence-electron chi connectivity index (χ4n) is 3.58. The molecular weight excluding hydrogens is 360 g/mol. The number of fused-ring (bicyclic) bond motifs is 1. The summed E-state index contributed by atoms with van der Waals surface area (Å²) in [7, 11) is -3.48. The van der Waals surface area contributed by atoms with E-state index in [1.54, 1.807) is 23.1 Å². The molecule has 1 aliphatic rings. The third-order valence-electron chi connectivity index (χ3n) is 5.19. The van der Waals surface area contributed by atoms with E-state index in [4.69, 9.17) is 0 Å². The van der Waals surface area contributed by atoms with Crippen molar-refractivity contribution in [2.75, 3.05) is 24.5 Å². The van der Waals surface area contributed by atoms with E-state index in [9.17, 15) is 13.2 Å². The van der Waals surface area contributed by atoms with Gasteiger partial charge < -0.3 is 4.90 Å². The van der Waals surface area contributed by atoms with Gasteiger partial charge in [0, 0.05) is 25.3 Å². The van der Waals surface area contributed by atoms with Gasteiger partial charge in [0.15, 0.2) is 0 Å². The molecular formula is C21H26N2O3S. The van der Waals surface area contributed by atoms with Crippen LogP contribution in [0.5, 0.6) is 0 Å². The van der Waals surface area contributed by atoms with Gasteiger partial charge in [-0.25, -0.2) is 8.42 Å². The summed E-state index contributed by atoms with van der Waals surface area (Å²) in [6.45, 7) is 7.15. The van der Waals surface area contributed by atoms with E-state index in [0.717, 1.165) is 22.4 Å². The molecule has 3 rings (SSSR count). The van der Waals surface area contributed by atoms with Gasteiger partial charge in [-0.05, 0) is 48.2 Å². The Balaban J connectivity index is 1.84. The van der Waals surface area contributed by atoms with Gasteiger partial charge in [-0.1, -0.05) is 38.1 Å². The highest BCUT2D eigenvalue weighted by Crippen LogP contribution is 2.31. The Morgan fingerprint density at radius 3 is 2.48 bits per heavy atom. The molecule has 0 aromatic heterocycles. The standard InChI is InChI=1S/C21H26N2O3S/c1-4-22(5-2)27(25,26)19-10-11-20-18(14-19)12-13-23(20)21(24)15-17-9-7-6-8-16(17)3/h6-11,14H,4-5,12-13,15H2,1-3H3. The third kappa shape index (κ3) is 3.77. The van der Waals surface area contributed by atoms with E-state index in [1.807, 2.05) is 45.0 Å². The lowest BCUT2D eigenvalue weighted by atomic mass is 10.1. The summed E-state index contributed by atoms with van der Waals surface area (Å²) in [6.07, 6.45) is 1.03. The number of nitrogens with zero attached hydrogens (tertiary/aromatic N) is 2. The molecule has 0 radical (unpaired) electrons. The second-order valence-corrected chi connectivity index (χ2v) is 8.72. The third-order valence-corrected chi connectivity index (χ3v) is 7.24. The molecule has 2 aromatic rings. The molecule has 1 aliphatic heterocycles. The topological polar surface area (TPSA) is 57.7 Å². The van der Waals surface area contributed by atoms with Crippen molar-refractivity contribution >= 4 is 21.6 Å². The van der Waals surface area contributed by atoms with Gasteiger partial charge in [0.25, 0.3) is 0 Å². The van der Waals surface area contributed by atoms with Crippen LogP contribution in [0, 0.1) is 6.92 Å². The predicted octanol–water partition coefficient (Wildman–Crippen LogP) is 3.16. The number of amides is 1. The zero-order valence-corrected chi connectivity index (χ0v) is 16.9. The summed E-state index contributed by atoms with van der Waals surface area (Å²) in [5.41, 5.74) is 3.87. The molecule has 1 amide bonds. The number of aryl methyl sites for hydroxylation is 1. The second-order valence-electron chi connectivity index (χ2n) is 6.78. The van der Waals surface area contributed by atoms with E-state index in [1.165, 1.54) is 4.31 Å². The summed E-state index contributed by atoms with van der Waals surface area (Å²) < 4.78 is 26.9. The molecule has 0 bridgehead atoms. The van der Waals surface area contributed by atoms with Crippen molar-refractivity contribution in [3.05, 3.63) is 59.2 Å². The molecule has 0 atom stereocenters. The van der Waals surface area contributed by atoms with Gasteiger partial charge in [-0.15, -0.1) is 0 Å². The van der Waals surface area contributed by atoms with E-state index < -0.39 is 10.0 Å². The smallest absolute Gasteiger partial charge is 0.243 e. The van der Waals surface area contributed by atoms with Crippen LogP contribution in [0.25, 0.3) is 0 Å². The summed E-state index contributed by atoms with van der Waals surface area (Å²) in [4.78, 5) is 14.9. The van der Waals surface area contributed by atoms with Gasteiger partial charge in [0.05, 0.1) is 11.3 Å². The Bertz CT molecular complexity index is 950. The molecule has 5 nitrogen and oxygen atoms in total. The number of anilines is 1. The number of benzene rings is 2. The highest BCUT2D eigenvalue weighted by Gasteiger charge is 2.28. The lowest BCUT2D eigenvalue weighted by Gasteiger charge is -2.20. The quantitative estimate of drug-likeness (QED) is 0.766. The monoisotopic (exact) mass is 386 g/mol.